The molecule has 1 fully saturated rings. The third-order valence-electron chi connectivity index (χ3n) is 5.18. The van der Waals surface area contributed by atoms with E-state index in [4.69, 9.17) is 0 Å². The van der Waals surface area contributed by atoms with E-state index in [1.165, 1.54) is 43.4 Å². The Hall–Kier alpha value is -1.95. The van der Waals surface area contributed by atoms with Crippen molar-refractivity contribution >= 4 is 28.1 Å². The summed E-state index contributed by atoms with van der Waals surface area (Å²) in [7, 11) is 0. The van der Waals surface area contributed by atoms with Crippen LogP contribution >= 0.6 is 11.3 Å². The lowest BCUT2D eigenvalue weighted by Crippen LogP contribution is -2.36. The molecule has 1 aliphatic carbocycles. The van der Waals surface area contributed by atoms with Gasteiger partial charge in [0.05, 0.1) is 6.54 Å². The Morgan fingerprint density at radius 2 is 2.00 bits per heavy atom. The number of benzene rings is 1. The van der Waals surface area contributed by atoms with E-state index in [1.54, 1.807) is 11.3 Å². The Balaban J connectivity index is 1.37. The third-order valence-corrected chi connectivity index (χ3v) is 6.18. The van der Waals surface area contributed by atoms with Crippen LogP contribution in [0.3, 0.4) is 0 Å². The quantitative estimate of drug-likeness (QED) is 0.900. The lowest BCUT2D eigenvalue weighted by Gasteiger charge is -2.30. The van der Waals surface area contributed by atoms with Crippen LogP contribution in [0.5, 0.6) is 0 Å². The maximum absolute atomic E-state index is 12.5. The molecular formula is C19H24N4OS. The first-order chi connectivity index (χ1) is 12.3. The van der Waals surface area contributed by atoms with Crippen LogP contribution in [0.15, 0.2) is 24.3 Å². The van der Waals surface area contributed by atoms with Crippen molar-refractivity contribution < 1.29 is 4.79 Å². The second-order valence-corrected chi connectivity index (χ2v) is 7.99. The van der Waals surface area contributed by atoms with E-state index in [1.807, 2.05) is 6.07 Å². The zero-order valence-corrected chi connectivity index (χ0v) is 15.2. The number of hydrogen-bond acceptors (Lipinski definition) is 5. The highest BCUT2D eigenvalue weighted by Crippen LogP contribution is 2.35. The minimum absolute atomic E-state index is 0.0111. The van der Waals surface area contributed by atoms with Crippen LogP contribution < -0.4 is 10.2 Å². The lowest BCUT2D eigenvalue weighted by atomic mass is 9.90. The van der Waals surface area contributed by atoms with Gasteiger partial charge in [-0.1, -0.05) is 48.8 Å². The summed E-state index contributed by atoms with van der Waals surface area (Å²) in [5.41, 5.74) is 2.51. The molecule has 1 N–H and O–H groups in total. The Morgan fingerprint density at radius 3 is 2.88 bits per heavy atom. The number of hydrogen-bond donors (Lipinski definition) is 1. The van der Waals surface area contributed by atoms with Crippen molar-refractivity contribution in [1.29, 1.82) is 0 Å². The van der Waals surface area contributed by atoms with Crippen molar-refractivity contribution in [3.05, 3.63) is 34.8 Å². The summed E-state index contributed by atoms with van der Waals surface area (Å²) < 4.78 is 0. The maximum Gasteiger partial charge on any atom is 0.245 e. The first-order valence-electron chi connectivity index (χ1n) is 9.26. The summed E-state index contributed by atoms with van der Waals surface area (Å²) in [6, 6.07) is 8.36. The van der Waals surface area contributed by atoms with Gasteiger partial charge >= 0.3 is 0 Å². The Kier molecular flexibility index (Phi) is 4.97. The SMILES string of the molecule is O=C(CN1CCCc2ccccc21)Nc1nnc(C2CCCCC2)s1. The molecule has 0 unspecified atom stereocenters. The average molecular weight is 356 g/mol. The van der Waals surface area contributed by atoms with Crippen LogP contribution in [-0.2, 0) is 11.2 Å². The van der Waals surface area contributed by atoms with Crippen LogP contribution in [-0.4, -0.2) is 29.2 Å². The number of rotatable bonds is 4. The van der Waals surface area contributed by atoms with Gasteiger partial charge in [-0.15, -0.1) is 10.2 Å². The Bertz CT molecular complexity index is 739. The zero-order valence-electron chi connectivity index (χ0n) is 14.4. The van der Waals surface area contributed by atoms with Gasteiger partial charge in [-0.3, -0.25) is 10.1 Å². The van der Waals surface area contributed by atoms with Gasteiger partial charge in [0.2, 0.25) is 11.0 Å². The fourth-order valence-corrected chi connectivity index (χ4v) is 4.84. The van der Waals surface area contributed by atoms with E-state index in [0.29, 0.717) is 17.6 Å². The monoisotopic (exact) mass is 356 g/mol. The highest BCUT2D eigenvalue weighted by atomic mass is 32.1. The van der Waals surface area contributed by atoms with Gasteiger partial charge in [0.15, 0.2) is 0 Å². The lowest BCUT2D eigenvalue weighted by molar-refractivity contribution is -0.115. The van der Waals surface area contributed by atoms with Gasteiger partial charge in [0, 0.05) is 18.2 Å². The molecule has 2 aliphatic rings. The highest BCUT2D eigenvalue weighted by Gasteiger charge is 2.22. The minimum atomic E-state index is -0.0111. The minimum Gasteiger partial charge on any atom is -0.362 e. The molecule has 5 nitrogen and oxygen atoms in total. The molecule has 1 aliphatic heterocycles. The average Bonchev–Trinajstić information content (AvgIpc) is 3.11. The summed E-state index contributed by atoms with van der Waals surface area (Å²) in [4.78, 5) is 14.6. The number of carbonyl (C=O) groups excluding carboxylic acids is 1. The maximum atomic E-state index is 12.5. The Labute approximate surface area is 152 Å². The number of aryl methyl sites for hydroxylation is 1. The molecule has 0 spiro atoms. The Morgan fingerprint density at radius 1 is 1.16 bits per heavy atom. The molecule has 0 bridgehead atoms. The van der Waals surface area contributed by atoms with Crippen molar-refractivity contribution in [2.45, 2.75) is 50.9 Å². The molecule has 0 radical (unpaired) electrons. The molecular weight excluding hydrogens is 332 g/mol. The van der Waals surface area contributed by atoms with E-state index in [2.05, 4.69) is 38.6 Å². The van der Waals surface area contributed by atoms with E-state index >= 15 is 0 Å². The molecule has 1 aromatic carbocycles. The van der Waals surface area contributed by atoms with Gasteiger partial charge in [-0.2, -0.15) is 0 Å². The fraction of sp³-hybridized carbons (Fsp3) is 0.526. The van der Waals surface area contributed by atoms with Gasteiger partial charge in [-0.25, -0.2) is 0 Å². The highest BCUT2D eigenvalue weighted by molar-refractivity contribution is 7.15. The zero-order chi connectivity index (χ0) is 17.1. The van der Waals surface area contributed by atoms with Crippen LogP contribution in [0, 0.1) is 0 Å². The fourth-order valence-electron chi connectivity index (χ4n) is 3.91. The third kappa shape index (κ3) is 3.84. The molecule has 0 atom stereocenters. The molecule has 1 saturated carbocycles. The van der Waals surface area contributed by atoms with Gasteiger partial charge < -0.3 is 4.90 Å². The normalized spacial score (nSPS) is 18.0. The largest absolute Gasteiger partial charge is 0.362 e. The second-order valence-electron chi connectivity index (χ2n) is 6.98. The number of nitrogens with one attached hydrogen (secondary N) is 1. The van der Waals surface area contributed by atoms with Crippen molar-refractivity contribution in [3.8, 4) is 0 Å². The number of nitrogens with zero attached hydrogens (tertiary/aromatic N) is 3. The van der Waals surface area contributed by atoms with E-state index in [9.17, 15) is 4.79 Å². The van der Waals surface area contributed by atoms with Crippen molar-refractivity contribution in [2.75, 3.05) is 23.3 Å². The number of para-hydroxylation sites is 1. The molecule has 1 aromatic heterocycles. The number of aromatic nitrogens is 2. The molecule has 2 aromatic rings. The second kappa shape index (κ2) is 7.52. The van der Waals surface area contributed by atoms with Gasteiger partial charge in [0.25, 0.3) is 0 Å². The summed E-state index contributed by atoms with van der Waals surface area (Å²) in [5, 5.41) is 13.2. The smallest absolute Gasteiger partial charge is 0.245 e. The van der Waals surface area contributed by atoms with Crippen LogP contribution in [0.1, 0.15) is 55.0 Å². The summed E-state index contributed by atoms with van der Waals surface area (Å²) in [5.74, 6) is 0.522. The summed E-state index contributed by atoms with van der Waals surface area (Å²) in [6.07, 6.45) is 8.47. The molecule has 25 heavy (non-hydrogen) atoms. The molecule has 6 heteroatoms. The molecule has 4 rings (SSSR count). The number of carbonyl (C=O) groups is 1. The van der Waals surface area contributed by atoms with E-state index in [-0.39, 0.29) is 5.91 Å². The van der Waals surface area contributed by atoms with Crippen LogP contribution in [0.2, 0.25) is 0 Å². The number of fused-ring (bicyclic) bond motifs is 1. The summed E-state index contributed by atoms with van der Waals surface area (Å²) in [6.45, 7) is 1.29. The van der Waals surface area contributed by atoms with Crippen LogP contribution in [0.4, 0.5) is 10.8 Å². The van der Waals surface area contributed by atoms with Crippen LogP contribution in [0.25, 0.3) is 0 Å². The molecule has 132 valence electrons. The first-order valence-corrected chi connectivity index (χ1v) is 10.1. The number of anilines is 2. The van der Waals surface area contributed by atoms with Crippen molar-refractivity contribution in [3.63, 3.8) is 0 Å². The number of amides is 1. The van der Waals surface area contributed by atoms with E-state index in [0.717, 1.165) is 24.4 Å². The van der Waals surface area contributed by atoms with Gasteiger partial charge in [-0.05, 0) is 37.3 Å². The standard InChI is InChI=1S/C19H24N4OS/c24-17(13-23-12-6-10-14-7-4-5-11-16(14)23)20-19-22-21-18(25-19)15-8-2-1-3-9-15/h4-5,7,11,15H,1-3,6,8-10,12-13H2,(H,20,22,24). The predicted molar refractivity (Wildman–Crippen MR) is 101 cm³/mol. The van der Waals surface area contributed by atoms with E-state index < -0.39 is 0 Å². The predicted octanol–water partition coefficient (Wildman–Crippen LogP) is 3.98. The molecule has 2 heterocycles. The molecule has 1 amide bonds. The van der Waals surface area contributed by atoms with Crippen molar-refractivity contribution in [2.24, 2.45) is 0 Å². The summed E-state index contributed by atoms with van der Waals surface area (Å²) >= 11 is 1.54. The molecule has 0 saturated heterocycles. The topological polar surface area (TPSA) is 58.1 Å². The van der Waals surface area contributed by atoms with Gasteiger partial charge in [0.1, 0.15) is 5.01 Å². The van der Waals surface area contributed by atoms with Crippen molar-refractivity contribution in [1.82, 2.24) is 10.2 Å². The first kappa shape index (κ1) is 16.5.